The lowest BCUT2D eigenvalue weighted by Crippen LogP contribution is -2.44. The number of hydrogen-bond donors (Lipinski definition) is 2. The molecule has 1 aromatic carbocycles. The molecule has 0 spiro atoms. The van der Waals surface area contributed by atoms with E-state index in [2.05, 4.69) is 10.3 Å². The Kier molecular flexibility index (Phi) is 5.64. The molecule has 1 aromatic rings. The number of rotatable bonds is 3. The van der Waals surface area contributed by atoms with Crippen molar-refractivity contribution < 1.29 is 4.79 Å². The van der Waals surface area contributed by atoms with Crippen molar-refractivity contribution in [3.05, 3.63) is 35.4 Å². The molecule has 1 aliphatic rings. The van der Waals surface area contributed by atoms with E-state index in [1.54, 1.807) is 0 Å². The summed E-state index contributed by atoms with van der Waals surface area (Å²) in [5.41, 5.74) is 7.55. The van der Waals surface area contributed by atoms with Crippen LogP contribution >= 0.6 is 0 Å². The zero-order chi connectivity index (χ0) is 16.9. The van der Waals surface area contributed by atoms with E-state index >= 15 is 0 Å². The van der Waals surface area contributed by atoms with Gasteiger partial charge < -0.3 is 16.0 Å². The van der Waals surface area contributed by atoms with Crippen LogP contribution in [0.2, 0.25) is 0 Å². The van der Waals surface area contributed by atoms with Gasteiger partial charge in [0, 0.05) is 24.2 Å². The number of nitrogens with one attached hydrogen (secondary N) is 1. The highest BCUT2D eigenvalue weighted by molar-refractivity contribution is 5.94. The Morgan fingerprint density at radius 3 is 2.35 bits per heavy atom. The highest BCUT2D eigenvalue weighted by Crippen LogP contribution is 2.14. The zero-order valence-corrected chi connectivity index (χ0v) is 14.4. The van der Waals surface area contributed by atoms with Gasteiger partial charge in [-0.15, -0.1) is 0 Å². The maximum absolute atomic E-state index is 12.4. The summed E-state index contributed by atoms with van der Waals surface area (Å²) in [4.78, 5) is 18.7. The Balaban J connectivity index is 1.94. The molecule has 0 aliphatic carbocycles. The van der Waals surface area contributed by atoms with E-state index in [-0.39, 0.29) is 11.4 Å². The monoisotopic (exact) mass is 316 g/mol. The number of benzene rings is 1. The molecule has 0 saturated carbocycles. The van der Waals surface area contributed by atoms with Gasteiger partial charge in [-0.2, -0.15) is 0 Å². The summed E-state index contributed by atoms with van der Waals surface area (Å²) in [5, 5.41) is 3.13. The van der Waals surface area contributed by atoms with Gasteiger partial charge in [0.15, 0.2) is 5.96 Å². The van der Waals surface area contributed by atoms with Crippen LogP contribution in [0.25, 0.3) is 0 Å². The molecule has 0 aromatic heterocycles. The quantitative estimate of drug-likeness (QED) is 0.665. The molecule has 0 bridgehead atoms. The fraction of sp³-hybridized carbons (Fsp3) is 0.556. The highest BCUT2D eigenvalue weighted by atomic mass is 16.2. The van der Waals surface area contributed by atoms with Crippen LogP contribution < -0.4 is 11.1 Å². The summed E-state index contributed by atoms with van der Waals surface area (Å²) in [7, 11) is 0. The average molecular weight is 316 g/mol. The molecule has 0 radical (unpaired) electrons. The maximum Gasteiger partial charge on any atom is 0.253 e. The maximum atomic E-state index is 12.4. The molecule has 5 nitrogen and oxygen atoms in total. The highest BCUT2D eigenvalue weighted by Gasteiger charge is 2.17. The second-order valence-corrected chi connectivity index (χ2v) is 7.13. The molecule has 0 unspecified atom stereocenters. The van der Waals surface area contributed by atoms with Gasteiger partial charge in [0.25, 0.3) is 5.91 Å². The fourth-order valence-corrected chi connectivity index (χ4v) is 2.63. The summed E-state index contributed by atoms with van der Waals surface area (Å²) >= 11 is 0. The third-order valence-electron chi connectivity index (χ3n) is 3.78. The van der Waals surface area contributed by atoms with Gasteiger partial charge in [-0.1, -0.05) is 12.1 Å². The standard InChI is InChI=1S/C18H28N4O/c1-18(2,3)21-17(19)20-13-14-7-9-15(10-8-14)16(23)22-11-5-4-6-12-22/h7-10H,4-6,11-13H2,1-3H3,(H3,19,20,21). The number of carbonyl (C=O) groups is 1. The lowest BCUT2D eigenvalue weighted by Gasteiger charge is -2.26. The molecule has 1 aliphatic heterocycles. The number of piperidine rings is 1. The molecule has 1 heterocycles. The molecule has 1 saturated heterocycles. The number of nitrogens with two attached hydrogens (primary N) is 1. The number of guanidine groups is 1. The van der Waals surface area contributed by atoms with Crippen LogP contribution in [0.15, 0.2) is 29.3 Å². The Hall–Kier alpha value is -2.04. The number of carbonyl (C=O) groups excluding carboxylic acids is 1. The Bertz CT molecular complexity index is 551. The van der Waals surface area contributed by atoms with Crippen molar-refractivity contribution >= 4 is 11.9 Å². The van der Waals surface area contributed by atoms with E-state index in [9.17, 15) is 4.79 Å². The van der Waals surface area contributed by atoms with Gasteiger partial charge in [0.05, 0.1) is 6.54 Å². The van der Waals surface area contributed by atoms with E-state index in [0.29, 0.717) is 12.5 Å². The number of amides is 1. The lowest BCUT2D eigenvalue weighted by atomic mass is 10.1. The average Bonchev–Trinajstić information content (AvgIpc) is 2.52. The summed E-state index contributed by atoms with van der Waals surface area (Å²) in [6.07, 6.45) is 3.45. The van der Waals surface area contributed by atoms with Crippen molar-refractivity contribution in [1.82, 2.24) is 10.2 Å². The number of likely N-dealkylation sites (tertiary alicyclic amines) is 1. The van der Waals surface area contributed by atoms with Crippen LogP contribution in [0.5, 0.6) is 0 Å². The SMILES string of the molecule is CC(C)(C)NC(N)=NCc1ccc(C(=O)N2CCCCC2)cc1. The molecule has 126 valence electrons. The van der Waals surface area contributed by atoms with Crippen LogP contribution in [0, 0.1) is 0 Å². The second-order valence-electron chi connectivity index (χ2n) is 7.13. The van der Waals surface area contributed by atoms with Crippen LogP contribution in [0.4, 0.5) is 0 Å². The van der Waals surface area contributed by atoms with Crippen LogP contribution in [0.1, 0.15) is 56.0 Å². The van der Waals surface area contributed by atoms with Crippen molar-refractivity contribution in [3.8, 4) is 0 Å². The molecule has 1 amide bonds. The first kappa shape index (κ1) is 17.3. The van der Waals surface area contributed by atoms with Crippen LogP contribution in [-0.2, 0) is 6.54 Å². The van der Waals surface area contributed by atoms with E-state index < -0.39 is 0 Å². The molecule has 23 heavy (non-hydrogen) atoms. The summed E-state index contributed by atoms with van der Waals surface area (Å²) in [6.45, 7) is 8.37. The van der Waals surface area contributed by atoms with E-state index in [0.717, 1.165) is 37.1 Å². The van der Waals surface area contributed by atoms with Crippen molar-refractivity contribution in [2.24, 2.45) is 10.7 Å². The smallest absolute Gasteiger partial charge is 0.253 e. The van der Waals surface area contributed by atoms with Crippen molar-refractivity contribution in [1.29, 1.82) is 0 Å². The van der Waals surface area contributed by atoms with Crippen molar-refractivity contribution in [2.45, 2.75) is 52.1 Å². The molecule has 2 rings (SSSR count). The first-order valence-electron chi connectivity index (χ1n) is 8.31. The van der Waals surface area contributed by atoms with E-state index in [1.165, 1.54) is 6.42 Å². The largest absolute Gasteiger partial charge is 0.370 e. The normalized spacial score (nSPS) is 16.3. The molecule has 0 atom stereocenters. The number of aliphatic imine (C=N–C) groups is 1. The lowest BCUT2D eigenvalue weighted by molar-refractivity contribution is 0.0724. The van der Waals surface area contributed by atoms with Crippen LogP contribution in [-0.4, -0.2) is 35.4 Å². The summed E-state index contributed by atoms with van der Waals surface area (Å²) in [6, 6.07) is 7.67. The summed E-state index contributed by atoms with van der Waals surface area (Å²) < 4.78 is 0. The number of nitrogens with zero attached hydrogens (tertiary/aromatic N) is 2. The van der Waals surface area contributed by atoms with Gasteiger partial charge in [-0.3, -0.25) is 4.79 Å². The zero-order valence-electron chi connectivity index (χ0n) is 14.4. The third kappa shape index (κ3) is 5.58. The molecular weight excluding hydrogens is 288 g/mol. The summed E-state index contributed by atoms with van der Waals surface area (Å²) in [5.74, 6) is 0.569. The van der Waals surface area contributed by atoms with Gasteiger partial charge in [-0.25, -0.2) is 4.99 Å². The van der Waals surface area contributed by atoms with Gasteiger partial charge in [-0.05, 0) is 57.7 Å². The molecule has 3 N–H and O–H groups in total. The number of hydrogen-bond acceptors (Lipinski definition) is 2. The van der Waals surface area contributed by atoms with Gasteiger partial charge in [0.1, 0.15) is 0 Å². The van der Waals surface area contributed by atoms with Gasteiger partial charge >= 0.3 is 0 Å². The van der Waals surface area contributed by atoms with E-state index in [4.69, 9.17) is 5.73 Å². The minimum Gasteiger partial charge on any atom is -0.370 e. The minimum absolute atomic E-state index is 0.0989. The Labute approximate surface area is 139 Å². The topological polar surface area (TPSA) is 70.7 Å². The molecule has 1 fully saturated rings. The second kappa shape index (κ2) is 7.49. The third-order valence-corrected chi connectivity index (χ3v) is 3.78. The van der Waals surface area contributed by atoms with Gasteiger partial charge in [0.2, 0.25) is 0 Å². The molecular formula is C18H28N4O. The predicted octanol–water partition coefficient (Wildman–Crippen LogP) is 2.52. The molecule has 5 heteroatoms. The fourth-order valence-electron chi connectivity index (χ4n) is 2.63. The Morgan fingerprint density at radius 1 is 1.17 bits per heavy atom. The van der Waals surface area contributed by atoms with Crippen molar-refractivity contribution in [3.63, 3.8) is 0 Å². The van der Waals surface area contributed by atoms with E-state index in [1.807, 2.05) is 49.9 Å². The first-order valence-corrected chi connectivity index (χ1v) is 8.31. The Morgan fingerprint density at radius 2 is 1.78 bits per heavy atom. The first-order chi connectivity index (χ1) is 10.8. The van der Waals surface area contributed by atoms with Crippen molar-refractivity contribution in [2.75, 3.05) is 13.1 Å². The minimum atomic E-state index is -0.0989. The predicted molar refractivity (Wildman–Crippen MR) is 94.4 cm³/mol. The van der Waals surface area contributed by atoms with Crippen LogP contribution in [0.3, 0.4) is 0 Å².